The lowest BCUT2D eigenvalue weighted by Crippen LogP contribution is -2.40. The number of carboxylic acids is 1. The van der Waals surface area contributed by atoms with Gasteiger partial charge < -0.3 is 10.4 Å². The molecule has 0 aromatic heterocycles. The fraction of sp³-hybridized carbons (Fsp3) is 0.900. The SMILES string of the molecule is CCN(CCNC(C)C(=O)O)C1CC1. The summed E-state index contributed by atoms with van der Waals surface area (Å²) in [6, 6.07) is 0.329. The maximum atomic E-state index is 10.5. The highest BCUT2D eigenvalue weighted by molar-refractivity contribution is 5.72. The molecule has 14 heavy (non-hydrogen) atoms. The number of hydrogen-bond donors (Lipinski definition) is 2. The van der Waals surface area contributed by atoms with Crippen molar-refractivity contribution in [3.63, 3.8) is 0 Å². The van der Waals surface area contributed by atoms with Crippen LogP contribution in [0.3, 0.4) is 0 Å². The lowest BCUT2D eigenvalue weighted by atomic mass is 10.3. The molecule has 1 rings (SSSR count). The van der Waals surface area contributed by atoms with Gasteiger partial charge in [0.1, 0.15) is 6.04 Å². The average molecular weight is 200 g/mol. The highest BCUT2D eigenvalue weighted by Gasteiger charge is 2.27. The van der Waals surface area contributed by atoms with E-state index >= 15 is 0 Å². The topological polar surface area (TPSA) is 52.6 Å². The molecule has 2 N–H and O–H groups in total. The first kappa shape index (κ1) is 11.5. The second kappa shape index (κ2) is 5.32. The Morgan fingerprint density at radius 2 is 2.29 bits per heavy atom. The van der Waals surface area contributed by atoms with Gasteiger partial charge >= 0.3 is 5.97 Å². The first-order valence-corrected chi connectivity index (χ1v) is 5.35. The van der Waals surface area contributed by atoms with Crippen LogP contribution in [0.15, 0.2) is 0 Å². The van der Waals surface area contributed by atoms with E-state index in [1.165, 1.54) is 12.8 Å². The molecular weight excluding hydrogens is 180 g/mol. The van der Waals surface area contributed by atoms with Gasteiger partial charge in [0, 0.05) is 19.1 Å². The zero-order valence-corrected chi connectivity index (χ0v) is 8.99. The summed E-state index contributed by atoms with van der Waals surface area (Å²) in [5.74, 6) is -0.778. The van der Waals surface area contributed by atoms with Gasteiger partial charge in [0.2, 0.25) is 0 Å². The Morgan fingerprint density at radius 1 is 1.64 bits per heavy atom. The second-order valence-electron chi connectivity index (χ2n) is 3.87. The molecular formula is C10H20N2O2. The average Bonchev–Trinajstić information content (AvgIpc) is 2.95. The molecule has 82 valence electrons. The lowest BCUT2D eigenvalue weighted by molar-refractivity contribution is -0.139. The van der Waals surface area contributed by atoms with Crippen molar-refractivity contribution in [2.75, 3.05) is 19.6 Å². The fourth-order valence-corrected chi connectivity index (χ4v) is 1.55. The number of rotatable bonds is 7. The number of likely N-dealkylation sites (N-methyl/N-ethyl adjacent to an activating group) is 1. The zero-order valence-electron chi connectivity index (χ0n) is 8.99. The lowest BCUT2D eigenvalue weighted by Gasteiger charge is -2.20. The summed E-state index contributed by atoms with van der Waals surface area (Å²) in [5, 5.41) is 11.6. The molecule has 0 spiro atoms. The van der Waals surface area contributed by atoms with E-state index in [9.17, 15) is 4.79 Å². The molecule has 1 unspecified atom stereocenters. The summed E-state index contributed by atoms with van der Waals surface area (Å²) in [6.45, 7) is 6.61. The number of carbonyl (C=O) groups is 1. The number of nitrogens with one attached hydrogen (secondary N) is 1. The number of aliphatic carboxylic acids is 1. The van der Waals surface area contributed by atoms with E-state index in [1.807, 2.05) is 0 Å². The van der Waals surface area contributed by atoms with Gasteiger partial charge in [-0.1, -0.05) is 6.92 Å². The van der Waals surface area contributed by atoms with Crippen LogP contribution in [0.1, 0.15) is 26.7 Å². The Hall–Kier alpha value is -0.610. The molecule has 1 saturated carbocycles. The van der Waals surface area contributed by atoms with E-state index in [4.69, 9.17) is 5.11 Å². The van der Waals surface area contributed by atoms with Crippen molar-refractivity contribution in [3.8, 4) is 0 Å². The summed E-state index contributed by atoms with van der Waals surface area (Å²) in [7, 11) is 0. The Balaban J connectivity index is 2.09. The molecule has 1 atom stereocenters. The molecule has 0 aromatic rings. The predicted molar refractivity (Wildman–Crippen MR) is 55.4 cm³/mol. The van der Waals surface area contributed by atoms with E-state index in [0.29, 0.717) is 0 Å². The summed E-state index contributed by atoms with van der Waals surface area (Å²) in [5.41, 5.74) is 0. The van der Waals surface area contributed by atoms with E-state index in [2.05, 4.69) is 17.1 Å². The molecule has 0 amide bonds. The smallest absolute Gasteiger partial charge is 0.320 e. The highest BCUT2D eigenvalue weighted by Crippen LogP contribution is 2.25. The standard InChI is InChI=1S/C10H20N2O2/c1-3-12(9-4-5-9)7-6-11-8(2)10(13)14/h8-9,11H,3-7H2,1-2H3,(H,13,14). The van der Waals surface area contributed by atoms with Crippen LogP contribution in [-0.2, 0) is 4.79 Å². The van der Waals surface area contributed by atoms with Crippen LogP contribution in [0.5, 0.6) is 0 Å². The van der Waals surface area contributed by atoms with Crippen molar-refractivity contribution in [2.24, 2.45) is 0 Å². The minimum absolute atomic E-state index is 0.437. The number of carboxylic acid groups (broad SMARTS) is 1. The zero-order chi connectivity index (χ0) is 10.6. The number of hydrogen-bond acceptors (Lipinski definition) is 3. The largest absolute Gasteiger partial charge is 0.480 e. The van der Waals surface area contributed by atoms with Crippen LogP contribution in [0.4, 0.5) is 0 Å². The quantitative estimate of drug-likeness (QED) is 0.629. The third kappa shape index (κ3) is 3.64. The molecule has 0 heterocycles. The Morgan fingerprint density at radius 3 is 2.71 bits per heavy atom. The van der Waals surface area contributed by atoms with Crippen LogP contribution in [-0.4, -0.2) is 47.7 Å². The van der Waals surface area contributed by atoms with E-state index in [-0.39, 0.29) is 0 Å². The molecule has 1 aliphatic rings. The maximum absolute atomic E-state index is 10.5. The molecule has 4 heteroatoms. The van der Waals surface area contributed by atoms with E-state index < -0.39 is 12.0 Å². The van der Waals surface area contributed by atoms with Crippen LogP contribution in [0.2, 0.25) is 0 Å². The molecule has 0 radical (unpaired) electrons. The van der Waals surface area contributed by atoms with Crippen molar-refractivity contribution in [3.05, 3.63) is 0 Å². The van der Waals surface area contributed by atoms with Gasteiger partial charge in [0.05, 0.1) is 0 Å². The summed E-state index contributed by atoms with van der Waals surface area (Å²) in [4.78, 5) is 12.9. The molecule has 1 fully saturated rings. The Kier molecular flexibility index (Phi) is 4.35. The third-order valence-electron chi connectivity index (χ3n) is 2.69. The van der Waals surface area contributed by atoms with Crippen molar-refractivity contribution in [1.82, 2.24) is 10.2 Å². The first-order valence-electron chi connectivity index (χ1n) is 5.35. The van der Waals surface area contributed by atoms with Gasteiger partial charge in [-0.05, 0) is 26.3 Å². The van der Waals surface area contributed by atoms with E-state index in [0.717, 1.165) is 25.7 Å². The predicted octanol–water partition coefficient (Wildman–Crippen LogP) is 0.533. The monoisotopic (exact) mass is 200 g/mol. The summed E-state index contributed by atoms with van der Waals surface area (Å²) < 4.78 is 0. The van der Waals surface area contributed by atoms with Crippen molar-refractivity contribution >= 4 is 5.97 Å². The van der Waals surface area contributed by atoms with Gasteiger partial charge in [-0.3, -0.25) is 9.69 Å². The molecule has 1 aliphatic carbocycles. The minimum atomic E-state index is -0.778. The fourth-order valence-electron chi connectivity index (χ4n) is 1.55. The van der Waals surface area contributed by atoms with Crippen LogP contribution >= 0.6 is 0 Å². The Labute approximate surface area is 85.3 Å². The van der Waals surface area contributed by atoms with Gasteiger partial charge in [0.25, 0.3) is 0 Å². The van der Waals surface area contributed by atoms with Gasteiger partial charge in [-0.25, -0.2) is 0 Å². The normalized spacial score (nSPS) is 18.5. The van der Waals surface area contributed by atoms with Crippen molar-refractivity contribution in [2.45, 2.75) is 38.8 Å². The van der Waals surface area contributed by atoms with E-state index in [1.54, 1.807) is 6.92 Å². The molecule has 4 nitrogen and oxygen atoms in total. The third-order valence-corrected chi connectivity index (χ3v) is 2.69. The Bertz CT molecular complexity index is 193. The molecule has 0 saturated heterocycles. The summed E-state index contributed by atoms with van der Waals surface area (Å²) >= 11 is 0. The van der Waals surface area contributed by atoms with Crippen LogP contribution in [0, 0.1) is 0 Å². The van der Waals surface area contributed by atoms with Gasteiger partial charge in [0.15, 0.2) is 0 Å². The first-order chi connectivity index (χ1) is 6.65. The van der Waals surface area contributed by atoms with Crippen molar-refractivity contribution in [1.29, 1.82) is 0 Å². The van der Waals surface area contributed by atoms with Crippen LogP contribution in [0.25, 0.3) is 0 Å². The number of nitrogens with zero attached hydrogens (tertiary/aromatic N) is 1. The molecule has 0 bridgehead atoms. The second-order valence-corrected chi connectivity index (χ2v) is 3.87. The van der Waals surface area contributed by atoms with Crippen LogP contribution < -0.4 is 5.32 Å². The van der Waals surface area contributed by atoms with Gasteiger partial charge in [-0.2, -0.15) is 0 Å². The minimum Gasteiger partial charge on any atom is -0.480 e. The highest BCUT2D eigenvalue weighted by atomic mass is 16.4. The van der Waals surface area contributed by atoms with Crippen molar-refractivity contribution < 1.29 is 9.90 Å². The molecule has 0 aromatic carbocycles. The van der Waals surface area contributed by atoms with Gasteiger partial charge in [-0.15, -0.1) is 0 Å². The molecule has 0 aliphatic heterocycles. The summed E-state index contributed by atoms with van der Waals surface area (Å²) in [6.07, 6.45) is 2.62. The maximum Gasteiger partial charge on any atom is 0.320 e.